The molecule has 8 unspecified atom stereocenters. The fraction of sp³-hybridized carbons (Fsp3) is 1.00. The van der Waals surface area contributed by atoms with Crippen molar-refractivity contribution < 1.29 is 10.2 Å². The molecule has 0 radical (unpaired) electrons. The highest BCUT2D eigenvalue weighted by Crippen LogP contribution is 2.69. The average molecular weight is 250 g/mol. The summed E-state index contributed by atoms with van der Waals surface area (Å²) in [6.45, 7) is 3.08. The van der Waals surface area contributed by atoms with Crippen LogP contribution in [-0.4, -0.2) is 23.4 Å². The van der Waals surface area contributed by atoms with Gasteiger partial charge in [-0.05, 0) is 78.9 Å². The zero-order valence-corrected chi connectivity index (χ0v) is 11.4. The fourth-order valence-corrected chi connectivity index (χ4v) is 6.78. The van der Waals surface area contributed by atoms with Crippen molar-refractivity contribution in [1.82, 2.24) is 0 Å². The molecule has 0 spiro atoms. The van der Waals surface area contributed by atoms with Gasteiger partial charge in [0.1, 0.15) is 0 Å². The summed E-state index contributed by atoms with van der Waals surface area (Å²) in [4.78, 5) is 0. The Balaban J connectivity index is 1.63. The van der Waals surface area contributed by atoms with Crippen molar-refractivity contribution in [2.75, 3.05) is 13.2 Å². The molecule has 2 N–H and O–H groups in total. The van der Waals surface area contributed by atoms with Crippen molar-refractivity contribution >= 4 is 0 Å². The summed E-state index contributed by atoms with van der Waals surface area (Å²) < 4.78 is 0. The third-order valence-corrected chi connectivity index (χ3v) is 7.09. The third kappa shape index (κ3) is 1.37. The maximum Gasteiger partial charge on any atom is 0.0484 e. The van der Waals surface area contributed by atoms with E-state index in [1.54, 1.807) is 0 Å². The first-order valence-electron chi connectivity index (χ1n) is 7.87. The Morgan fingerprint density at radius 1 is 0.944 bits per heavy atom. The second-order valence-electron chi connectivity index (χ2n) is 8.13. The quantitative estimate of drug-likeness (QED) is 0.738. The Bertz CT molecular complexity index is 355. The summed E-state index contributed by atoms with van der Waals surface area (Å²) >= 11 is 0. The van der Waals surface area contributed by atoms with E-state index in [1.165, 1.54) is 32.1 Å². The lowest BCUT2D eigenvalue weighted by molar-refractivity contribution is 0.0548. The SMILES string of the molecule is CC1(CO)CC2CC(C1)C1C3CC(CC3CO)C21. The van der Waals surface area contributed by atoms with E-state index in [0.29, 0.717) is 19.1 Å². The van der Waals surface area contributed by atoms with Gasteiger partial charge in [0.2, 0.25) is 0 Å². The van der Waals surface area contributed by atoms with Crippen molar-refractivity contribution in [3.8, 4) is 0 Å². The molecule has 0 aliphatic heterocycles. The summed E-state index contributed by atoms with van der Waals surface area (Å²) in [5, 5.41) is 19.2. The highest BCUT2D eigenvalue weighted by atomic mass is 16.3. The van der Waals surface area contributed by atoms with E-state index in [0.717, 1.165) is 35.5 Å². The van der Waals surface area contributed by atoms with Crippen LogP contribution < -0.4 is 0 Å². The molecule has 4 bridgehead atoms. The molecule has 0 saturated heterocycles. The van der Waals surface area contributed by atoms with Crippen LogP contribution in [0.5, 0.6) is 0 Å². The van der Waals surface area contributed by atoms with Crippen molar-refractivity contribution in [3.05, 3.63) is 0 Å². The van der Waals surface area contributed by atoms with E-state index >= 15 is 0 Å². The van der Waals surface area contributed by atoms with Crippen LogP contribution in [0.25, 0.3) is 0 Å². The molecule has 2 heteroatoms. The minimum absolute atomic E-state index is 0.200. The fourth-order valence-electron chi connectivity index (χ4n) is 6.78. The van der Waals surface area contributed by atoms with Gasteiger partial charge in [0.25, 0.3) is 0 Å². The van der Waals surface area contributed by atoms with Gasteiger partial charge >= 0.3 is 0 Å². The van der Waals surface area contributed by atoms with E-state index in [-0.39, 0.29) is 5.41 Å². The van der Waals surface area contributed by atoms with Crippen molar-refractivity contribution in [3.63, 3.8) is 0 Å². The lowest BCUT2D eigenvalue weighted by Crippen LogP contribution is -2.32. The van der Waals surface area contributed by atoms with Crippen LogP contribution in [0.3, 0.4) is 0 Å². The van der Waals surface area contributed by atoms with Crippen molar-refractivity contribution in [2.24, 2.45) is 46.8 Å². The monoisotopic (exact) mass is 250 g/mol. The first-order chi connectivity index (χ1) is 8.65. The topological polar surface area (TPSA) is 40.5 Å². The van der Waals surface area contributed by atoms with Crippen LogP contribution >= 0.6 is 0 Å². The second-order valence-corrected chi connectivity index (χ2v) is 8.13. The molecule has 102 valence electrons. The van der Waals surface area contributed by atoms with E-state index in [9.17, 15) is 10.2 Å². The molecule has 0 aromatic rings. The first-order valence-corrected chi connectivity index (χ1v) is 7.87. The Morgan fingerprint density at radius 3 is 2.33 bits per heavy atom. The number of hydrogen-bond acceptors (Lipinski definition) is 2. The van der Waals surface area contributed by atoms with Crippen LogP contribution in [-0.2, 0) is 0 Å². The summed E-state index contributed by atoms with van der Waals surface area (Å²) in [7, 11) is 0. The number of rotatable bonds is 2. The Morgan fingerprint density at radius 2 is 1.67 bits per heavy atom. The van der Waals surface area contributed by atoms with Crippen LogP contribution in [0.15, 0.2) is 0 Å². The van der Waals surface area contributed by atoms with Crippen molar-refractivity contribution in [1.29, 1.82) is 0 Å². The van der Waals surface area contributed by atoms with Crippen LogP contribution in [0.4, 0.5) is 0 Å². The molecule has 4 rings (SSSR count). The highest BCUT2D eigenvalue weighted by Gasteiger charge is 2.62. The number of aliphatic hydroxyl groups is 2. The zero-order valence-electron chi connectivity index (χ0n) is 11.4. The van der Waals surface area contributed by atoms with Gasteiger partial charge in [-0.2, -0.15) is 0 Å². The Kier molecular flexibility index (Phi) is 2.43. The number of fused-ring (bicyclic) bond motifs is 9. The van der Waals surface area contributed by atoms with E-state index < -0.39 is 0 Å². The third-order valence-electron chi connectivity index (χ3n) is 7.09. The maximum absolute atomic E-state index is 9.68. The molecule has 0 heterocycles. The van der Waals surface area contributed by atoms with Gasteiger partial charge in [-0.1, -0.05) is 6.92 Å². The predicted molar refractivity (Wildman–Crippen MR) is 69.8 cm³/mol. The molecule has 0 aromatic carbocycles. The lowest BCUT2D eigenvalue weighted by Gasteiger charge is -2.38. The van der Waals surface area contributed by atoms with Crippen LogP contribution in [0, 0.1) is 46.8 Å². The molecule has 2 nitrogen and oxygen atoms in total. The summed E-state index contributed by atoms with van der Waals surface area (Å²) in [6, 6.07) is 0. The average Bonchev–Trinajstić information content (AvgIpc) is 3.00. The molecule has 18 heavy (non-hydrogen) atoms. The van der Waals surface area contributed by atoms with Gasteiger partial charge in [0, 0.05) is 13.2 Å². The standard InChI is InChI=1S/C16H26O2/c1-16(8-18)5-10-3-11(6-16)15-13-4-9(14(10)15)2-12(13)7-17/h9-15,17-18H,2-8H2,1H3. The van der Waals surface area contributed by atoms with Gasteiger partial charge in [-0.25, -0.2) is 0 Å². The number of hydrogen-bond donors (Lipinski definition) is 2. The second kappa shape index (κ2) is 3.73. The molecule has 0 aromatic heterocycles. The molecule has 4 fully saturated rings. The Hall–Kier alpha value is -0.0800. The minimum atomic E-state index is 0.200. The van der Waals surface area contributed by atoms with E-state index in [4.69, 9.17) is 0 Å². The zero-order chi connectivity index (χ0) is 12.5. The van der Waals surface area contributed by atoms with Crippen LogP contribution in [0.2, 0.25) is 0 Å². The first kappa shape index (κ1) is 11.7. The van der Waals surface area contributed by atoms with E-state index in [2.05, 4.69) is 6.92 Å². The summed E-state index contributed by atoms with van der Waals surface area (Å²) in [6.07, 6.45) is 6.62. The lowest BCUT2D eigenvalue weighted by atomic mass is 9.68. The van der Waals surface area contributed by atoms with Gasteiger partial charge in [0.15, 0.2) is 0 Å². The molecule has 0 amide bonds. The van der Waals surface area contributed by atoms with Crippen molar-refractivity contribution in [2.45, 2.75) is 39.0 Å². The molecule has 4 saturated carbocycles. The van der Waals surface area contributed by atoms with E-state index in [1.807, 2.05) is 0 Å². The van der Waals surface area contributed by atoms with Crippen LogP contribution in [0.1, 0.15) is 39.0 Å². The summed E-state index contributed by atoms with van der Waals surface area (Å²) in [5.41, 5.74) is 0.200. The summed E-state index contributed by atoms with van der Waals surface area (Å²) in [5.74, 6) is 5.94. The normalized spacial score (nSPS) is 61.2. The number of aliphatic hydroxyl groups excluding tert-OH is 2. The van der Waals surface area contributed by atoms with Gasteiger partial charge in [-0.15, -0.1) is 0 Å². The maximum atomic E-state index is 9.68. The molecule has 4 aliphatic rings. The molecular weight excluding hydrogens is 224 g/mol. The van der Waals surface area contributed by atoms with Gasteiger partial charge < -0.3 is 10.2 Å². The largest absolute Gasteiger partial charge is 0.396 e. The molecule has 4 aliphatic carbocycles. The molecular formula is C16H26O2. The molecule has 8 atom stereocenters. The Labute approximate surface area is 110 Å². The minimum Gasteiger partial charge on any atom is -0.396 e. The smallest absolute Gasteiger partial charge is 0.0484 e. The van der Waals surface area contributed by atoms with Gasteiger partial charge in [-0.3, -0.25) is 0 Å². The predicted octanol–water partition coefficient (Wildman–Crippen LogP) is 2.30. The highest BCUT2D eigenvalue weighted by molar-refractivity contribution is 5.11. The van der Waals surface area contributed by atoms with Gasteiger partial charge in [0.05, 0.1) is 0 Å².